The molecule has 14 heteroatoms. The van der Waals surface area contributed by atoms with Crippen molar-refractivity contribution in [1.82, 2.24) is 0 Å². The lowest BCUT2D eigenvalue weighted by molar-refractivity contribution is -0.284. The monoisotopic (exact) mass is 597 g/mol. The number of nitro groups is 1. The molecule has 0 aliphatic rings. The molecule has 42 heavy (non-hydrogen) atoms. The second-order valence-electron chi connectivity index (χ2n) is 8.69. The zero-order chi connectivity index (χ0) is 30.5. The average molecular weight is 598 g/mol. The van der Waals surface area contributed by atoms with Gasteiger partial charge in [-0.25, -0.2) is 4.39 Å². The molecule has 0 spiro atoms. The quantitative estimate of drug-likeness (QED) is 0.0588. The fraction of sp³-hybridized carbons (Fsp3) is 0.250. The maximum Gasteiger partial charge on any atom is 0.307 e. The number of anilines is 2. The van der Waals surface area contributed by atoms with E-state index in [1.807, 2.05) is 30.3 Å². The van der Waals surface area contributed by atoms with Crippen LogP contribution in [0.4, 0.5) is 27.1 Å². The molecule has 0 radical (unpaired) electrons. The molecule has 3 aromatic rings. The third-order valence-electron chi connectivity index (χ3n) is 5.99. The Morgan fingerprint density at radius 3 is 2.24 bits per heavy atom. The van der Waals surface area contributed by atoms with Crippen molar-refractivity contribution in [3.8, 4) is 0 Å². The standard InChI is InChI=1S/C28H28FN5O7S/c1-40-27(36)10-12-33(13-11-28(37)41-2)21-8-9-23(24(16-21)30-18-35)31-32-25-17-22(29)20(15-26(25)42-34(38)39)14-19-6-4-3-5-7-19/h3-9,15-18H,10-14H2,1-2H3,(H,30,35)/b32-31+. The van der Waals surface area contributed by atoms with E-state index >= 15 is 4.39 Å². The zero-order valence-electron chi connectivity index (χ0n) is 22.8. The highest BCUT2D eigenvalue weighted by molar-refractivity contribution is 7.93. The summed E-state index contributed by atoms with van der Waals surface area (Å²) >= 11 is 0.281. The lowest BCUT2D eigenvalue weighted by atomic mass is 10.0. The smallest absolute Gasteiger partial charge is 0.307 e. The first-order valence-electron chi connectivity index (χ1n) is 12.6. The molecular weight excluding hydrogens is 569 g/mol. The number of benzene rings is 3. The number of carbonyl (C=O) groups excluding carboxylic acids is 3. The molecule has 3 rings (SSSR count). The Morgan fingerprint density at radius 1 is 1.00 bits per heavy atom. The Kier molecular flexibility index (Phi) is 11.9. The molecule has 0 saturated carbocycles. The van der Waals surface area contributed by atoms with Crippen LogP contribution in [0.5, 0.6) is 0 Å². The van der Waals surface area contributed by atoms with Crippen molar-refractivity contribution < 1.29 is 32.6 Å². The summed E-state index contributed by atoms with van der Waals surface area (Å²) in [6.07, 6.45) is 0.737. The fourth-order valence-electron chi connectivity index (χ4n) is 3.89. The van der Waals surface area contributed by atoms with Crippen molar-refractivity contribution in [1.29, 1.82) is 0 Å². The van der Waals surface area contributed by atoms with Crippen LogP contribution < -0.4 is 10.2 Å². The SMILES string of the molecule is COC(=O)CCN(CCC(=O)OC)c1ccc(/N=N/c2cc(F)c(Cc3ccccc3)cc2S[N+](=O)[O-])c(NC=O)c1. The number of hydrogen-bond acceptors (Lipinski definition) is 11. The van der Waals surface area contributed by atoms with E-state index in [0.717, 1.165) is 11.6 Å². The topological polar surface area (TPSA) is 153 Å². The minimum absolute atomic E-state index is 0.0400. The van der Waals surface area contributed by atoms with Gasteiger partial charge in [-0.3, -0.25) is 24.5 Å². The van der Waals surface area contributed by atoms with Gasteiger partial charge in [-0.05, 0) is 35.4 Å². The van der Waals surface area contributed by atoms with Crippen molar-refractivity contribution in [3.05, 3.63) is 87.7 Å². The number of esters is 2. The molecule has 0 unspecified atom stereocenters. The number of hydrogen-bond donors (Lipinski definition) is 1. The van der Waals surface area contributed by atoms with Gasteiger partial charge < -0.3 is 19.7 Å². The average Bonchev–Trinajstić information content (AvgIpc) is 2.98. The summed E-state index contributed by atoms with van der Waals surface area (Å²) in [7, 11) is 2.54. The Morgan fingerprint density at radius 2 is 1.64 bits per heavy atom. The first-order valence-corrected chi connectivity index (χ1v) is 13.3. The summed E-state index contributed by atoms with van der Waals surface area (Å²) in [5.41, 5.74) is 1.97. The van der Waals surface area contributed by atoms with Gasteiger partial charge in [0.05, 0.1) is 32.7 Å². The highest BCUT2D eigenvalue weighted by atomic mass is 32.2. The third-order valence-corrected chi connectivity index (χ3v) is 6.66. The molecule has 220 valence electrons. The molecule has 0 fully saturated rings. The van der Waals surface area contributed by atoms with Crippen LogP contribution in [0.3, 0.4) is 0 Å². The number of ether oxygens (including phenoxy) is 2. The number of nitrogens with one attached hydrogen (secondary N) is 1. The number of nitrogens with zero attached hydrogens (tertiary/aromatic N) is 4. The second-order valence-corrected chi connectivity index (χ2v) is 9.61. The summed E-state index contributed by atoms with van der Waals surface area (Å²) < 4.78 is 23.8. The van der Waals surface area contributed by atoms with Crippen LogP contribution in [-0.4, -0.2) is 50.0 Å². The van der Waals surface area contributed by atoms with Crippen LogP contribution in [0.25, 0.3) is 0 Å². The summed E-state index contributed by atoms with van der Waals surface area (Å²) in [6.45, 7) is 0.419. The molecule has 0 heterocycles. The summed E-state index contributed by atoms with van der Waals surface area (Å²) in [5.74, 6) is -1.49. The lowest BCUT2D eigenvalue weighted by Gasteiger charge is -2.24. The number of halogens is 1. The van der Waals surface area contributed by atoms with Gasteiger partial charge >= 0.3 is 11.9 Å². The number of azo groups is 1. The van der Waals surface area contributed by atoms with Crippen LogP contribution in [0.15, 0.2) is 75.8 Å². The molecule has 1 N–H and O–H groups in total. The second kappa shape index (κ2) is 15.8. The maximum atomic E-state index is 15.0. The predicted octanol–water partition coefficient (Wildman–Crippen LogP) is 5.62. The highest BCUT2D eigenvalue weighted by Gasteiger charge is 2.18. The minimum Gasteiger partial charge on any atom is -0.469 e. The highest BCUT2D eigenvalue weighted by Crippen LogP contribution is 2.36. The fourth-order valence-corrected chi connectivity index (χ4v) is 4.44. The van der Waals surface area contributed by atoms with Gasteiger partial charge in [0.15, 0.2) is 0 Å². The van der Waals surface area contributed by atoms with Crippen molar-refractivity contribution in [2.75, 3.05) is 37.5 Å². The van der Waals surface area contributed by atoms with Crippen LogP contribution >= 0.6 is 11.9 Å². The Balaban J connectivity index is 1.93. The summed E-state index contributed by atoms with van der Waals surface area (Å²) in [4.78, 5) is 47.9. The van der Waals surface area contributed by atoms with Gasteiger partial charge in [0.2, 0.25) is 6.41 Å². The predicted molar refractivity (Wildman–Crippen MR) is 154 cm³/mol. The molecular formula is C28H28FN5O7S. The maximum absolute atomic E-state index is 15.0. The first kappa shape index (κ1) is 31.7. The third kappa shape index (κ3) is 9.37. The van der Waals surface area contributed by atoms with Crippen molar-refractivity contribution in [2.24, 2.45) is 10.2 Å². The van der Waals surface area contributed by atoms with E-state index in [1.54, 1.807) is 17.0 Å². The molecule has 0 bridgehead atoms. The van der Waals surface area contributed by atoms with Gasteiger partial charge in [-0.1, -0.05) is 30.3 Å². The van der Waals surface area contributed by atoms with E-state index in [2.05, 4.69) is 15.5 Å². The number of methoxy groups -OCH3 is 2. The van der Waals surface area contributed by atoms with Crippen molar-refractivity contribution >= 4 is 53.0 Å². The molecule has 0 atom stereocenters. The Bertz CT molecular complexity index is 1440. The Hall–Kier alpha value is -4.85. The van der Waals surface area contributed by atoms with E-state index in [1.165, 1.54) is 26.4 Å². The van der Waals surface area contributed by atoms with Crippen molar-refractivity contribution in [3.63, 3.8) is 0 Å². The Labute approximate surface area is 245 Å². The van der Waals surface area contributed by atoms with Crippen molar-refractivity contribution in [2.45, 2.75) is 24.2 Å². The van der Waals surface area contributed by atoms with Crippen LogP contribution in [0.1, 0.15) is 24.0 Å². The van der Waals surface area contributed by atoms with Crippen LogP contribution in [0, 0.1) is 15.9 Å². The van der Waals surface area contributed by atoms with Crippen LogP contribution in [0.2, 0.25) is 0 Å². The summed E-state index contributed by atoms with van der Waals surface area (Å²) in [6, 6.07) is 16.3. The van der Waals surface area contributed by atoms with E-state index in [4.69, 9.17) is 9.47 Å². The number of amides is 1. The molecule has 0 aromatic heterocycles. The van der Waals surface area contributed by atoms with Gasteiger partial charge in [-0.2, -0.15) is 0 Å². The van der Waals surface area contributed by atoms with E-state index in [0.29, 0.717) is 12.1 Å². The van der Waals surface area contributed by atoms with E-state index in [-0.39, 0.29) is 71.8 Å². The van der Waals surface area contributed by atoms with E-state index in [9.17, 15) is 24.5 Å². The molecule has 0 aliphatic heterocycles. The zero-order valence-corrected chi connectivity index (χ0v) is 23.6. The number of carbonyl (C=O) groups is 3. The van der Waals surface area contributed by atoms with Gasteiger partial charge in [0, 0.05) is 31.3 Å². The normalized spacial score (nSPS) is 10.7. The largest absolute Gasteiger partial charge is 0.469 e. The lowest BCUT2D eigenvalue weighted by Crippen LogP contribution is -2.29. The van der Waals surface area contributed by atoms with Crippen LogP contribution in [-0.2, 0) is 30.3 Å². The first-order chi connectivity index (χ1) is 20.2. The minimum atomic E-state index is -0.621. The molecule has 3 aromatic carbocycles. The van der Waals surface area contributed by atoms with E-state index < -0.39 is 22.1 Å². The van der Waals surface area contributed by atoms with Gasteiger partial charge in [-0.15, -0.1) is 10.2 Å². The molecule has 0 aliphatic carbocycles. The van der Waals surface area contributed by atoms with Gasteiger partial charge in [0.25, 0.3) is 11.9 Å². The molecule has 12 nitrogen and oxygen atoms in total. The molecule has 1 amide bonds. The summed E-state index contributed by atoms with van der Waals surface area (Å²) in [5, 5.41) is 22.0. The van der Waals surface area contributed by atoms with Gasteiger partial charge in [0.1, 0.15) is 26.4 Å². The molecule has 0 saturated heterocycles. The number of rotatable bonds is 15.